The van der Waals surface area contributed by atoms with E-state index in [4.69, 9.17) is 10.6 Å². The highest BCUT2D eigenvalue weighted by Crippen LogP contribution is 2.31. The lowest BCUT2D eigenvalue weighted by molar-refractivity contribution is 0.0454. The van der Waals surface area contributed by atoms with E-state index in [2.05, 4.69) is 22.3 Å². The average molecular weight is 240 g/mol. The van der Waals surface area contributed by atoms with Gasteiger partial charge in [-0.25, -0.2) is 15.8 Å². The molecule has 0 atom stereocenters. The molecule has 1 aliphatic heterocycles. The minimum Gasteiger partial charge on any atom is -0.379 e. The van der Waals surface area contributed by atoms with Crippen molar-refractivity contribution in [1.82, 2.24) is 9.97 Å². The number of nitrogen functional groups attached to an aromatic ring is 1. The van der Waals surface area contributed by atoms with Gasteiger partial charge in [0.15, 0.2) is 0 Å². The molecule has 3 N–H and O–H groups in total. The molecule has 1 saturated heterocycles. The molecule has 2 rings (SSSR count). The van der Waals surface area contributed by atoms with Crippen LogP contribution in [-0.2, 0) is 11.2 Å². The van der Waals surface area contributed by atoms with Gasteiger partial charge in [0.05, 0.1) is 18.5 Å². The van der Waals surface area contributed by atoms with Crippen molar-refractivity contribution in [2.75, 3.05) is 18.6 Å². The number of nitrogens with two attached hydrogens (primary N) is 1. The average Bonchev–Trinajstić information content (AvgIpc) is 2.25. The second-order valence-corrected chi connectivity index (χ2v) is 4.97. The van der Waals surface area contributed by atoms with Crippen LogP contribution in [0.25, 0.3) is 0 Å². The van der Waals surface area contributed by atoms with Crippen molar-refractivity contribution in [2.24, 2.45) is 5.84 Å². The third-order valence-corrected chi connectivity index (χ3v) is 3.61. The van der Waals surface area contributed by atoms with Gasteiger partial charge >= 0.3 is 0 Å². The minimum absolute atomic E-state index is 0.524. The summed E-state index contributed by atoms with van der Waals surface area (Å²) in [7, 11) is 0. The Hall–Kier alpha value is -0.850. The number of thioether (sulfide) groups is 1. The Morgan fingerprint density at radius 2 is 2.38 bits per heavy atom. The molecule has 0 amide bonds. The topological polar surface area (TPSA) is 73.1 Å². The highest BCUT2D eigenvalue weighted by Gasteiger charge is 2.22. The van der Waals surface area contributed by atoms with Gasteiger partial charge in [0.1, 0.15) is 17.2 Å². The van der Waals surface area contributed by atoms with Crippen LogP contribution in [0.3, 0.4) is 0 Å². The summed E-state index contributed by atoms with van der Waals surface area (Å²) in [5.41, 5.74) is 3.75. The Labute approximate surface area is 99.2 Å². The number of hydrogen-bond acceptors (Lipinski definition) is 6. The first-order chi connectivity index (χ1) is 7.85. The molecule has 2 heterocycles. The number of hydrogen-bond donors (Lipinski definition) is 2. The third kappa shape index (κ3) is 2.45. The predicted octanol–water partition coefficient (Wildman–Crippen LogP) is 1.21. The van der Waals surface area contributed by atoms with Crippen LogP contribution in [0.1, 0.15) is 18.9 Å². The smallest absolute Gasteiger partial charge is 0.147 e. The first kappa shape index (κ1) is 11.6. The summed E-state index contributed by atoms with van der Waals surface area (Å²) in [6.45, 7) is 3.76. The molecule has 1 aliphatic rings. The molecule has 16 heavy (non-hydrogen) atoms. The summed E-state index contributed by atoms with van der Waals surface area (Å²) >= 11 is 1.75. The molecular weight excluding hydrogens is 224 g/mol. The highest BCUT2D eigenvalue weighted by molar-refractivity contribution is 8.00. The molecule has 5 nitrogen and oxygen atoms in total. The van der Waals surface area contributed by atoms with Crippen LogP contribution < -0.4 is 11.3 Å². The number of aromatic nitrogens is 2. The second kappa shape index (κ2) is 5.47. The molecular formula is C10H16N4OS. The molecule has 88 valence electrons. The number of hydrazine groups is 1. The fraction of sp³-hybridized carbons (Fsp3) is 0.600. The molecule has 0 bridgehead atoms. The minimum atomic E-state index is 0.524. The van der Waals surface area contributed by atoms with E-state index in [1.54, 1.807) is 18.1 Å². The van der Waals surface area contributed by atoms with Gasteiger partial charge in [-0.2, -0.15) is 0 Å². The number of anilines is 1. The van der Waals surface area contributed by atoms with Gasteiger partial charge in [0, 0.05) is 5.56 Å². The van der Waals surface area contributed by atoms with Crippen LogP contribution in [0.15, 0.2) is 11.4 Å². The van der Waals surface area contributed by atoms with E-state index >= 15 is 0 Å². The van der Waals surface area contributed by atoms with Crippen LogP contribution in [0, 0.1) is 0 Å². The van der Waals surface area contributed by atoms with E-state index in [0.29, 0.717) is 5.25 Å². The molecule has 0 aliphatic carbocycles. The lowest BCUT2D eigenvalue weighted by Crippen LogP contribution is -2.30. The number of nitrogens with one attached hydrogen (secondary N) is 1. The van der Waals surface area contributed by atoms with Crippen molar-refractivity contribution >= 4 is 17.6 Å². The van der Waals surface area contributed by atoms with E-state index in [1.165, 1.54) is 0 Å². The Kier molecular flexibility index (Phi) is 3.98. The summed E-state index contributed by atoms with van der Waals surface area (Å²) in [4.78, 5) is 8.46. The normalized spacial score (nSPS) is 15.9. The summed E-state index contributed by atoms with van der Waals surface area (Å²) in [6.07, 6.45) is 3.54. The molecule has 0 unspecified atom stereocenters. The van der Waals surface area contributed by atoms with Crippen molar-refractivity contribution in [3.05, 3.63) is 11.9 Å². The maximum absolute atomic E-state index is 5.45. The van der Waals surface area contributed by atoms with Crippen molar-refractivity contribution < 1.29 is 4.74 Å². The fourth-order valence-corrected chi connectivity index (χ4v) is 2.63. The number of rotatable bonds is 5. The molecule has 1 aromatic rings. The van der Waals surface area contributed by atoms with E-state index in [0.717, 1.165) is 42.5 Å². The molecule has 0 saturated carbocycles. The molecule has 0 radical (unpaired) electrons. The van der Waals surface area contributed by atoms with Gasteiger partial charge in [-0.1, -0.05) is 25.1 Å². The van der Waals surface area contributed by atoms with Crippen molar-refractivity contribution in [1.29, 1.82) is 0 Å². The monoisotopic (exact) mass is 240 g/mol. The lowest BCUT2D eigenvalue weighted by Gasteiger charge is -2.25. The van der Waals surface area contributed by atoms with Gasteiger partial charge in [0.25, 0.3) is 0 Å². The number of ether oxygens (including phenoxy) is 1. The predicted molar refractivity (Wildman–Crippen MR) is 64.3 cm³/mol. The molecule has 0 spiro atoms. The van der Waals surface area contributed by atoms with Gasteiger partial charge in [-0.15, -0.1) is 0 Å². The van der Waals surface area contributed by atoms with Crippen molar-refractivity contribution in [2.45, 2.75) is 30.0 Å². The van der Waals surface area contributed by atoms with Crippen LogP contribution in [0.5, 0.6) is 0 Å². The summed E-state index contributed by atoms with van der Waals surface area (Å²) in [5.74, 6) is 6.19. The Morgan fingerprint density at radius 1 is 1.56 bits per heavy atom. The van der Waals surface area contributed by atoms with Crippen LogP contribution >= 0.6 is 11.8 Å². The fourth-order valence-electron chi connectivity index (χ4n) is 1.54. The maximum Gasteiger partial charge on any atom is 0.147 e. The number of nitrogens with zero attached hydrogens (tertiary/aromatic N) is 2. The van der Waals surface area contributed by atoms with Crippen molar-refractivity contribution in [3.63, 3.8) is 0 Å². The zero-order valence-electron chi connectivity index (χ0n) is 9.27. The van der Waals surface area contributed by atoms with Crippen molar-refractivity contribution in [3.8, 4) is 0 Å². The quantitative estimate of drug-likeness (QED) is 0.458. The van der Waals surface area contributed by atoms with Gasteiger partial charge in [0.2, 0.25) is 0 Å². The standard InChI is InChI=1S/C10H16N4OS/c1-2-3-8-9(14-11)12-6-13-10(8)16-7-4-15-5-7/h6-7H,2-5,11H2,1H3,(H,12,13,14). The maximum atomic E-state index is 5.45. The Bertz CT molecular complexity index is 357. The van der Waals surface area contributed by atoms with E-state index in [1.807, 2.05) is 0 Å². The highest BCUT2D eigenvalue weighted by atomic mass is 32.2. The third-order valence-electron chi connectivity index (χ3n) is 2.43. The van der Waals surface area contributed by atoms with Crippen LogP contribution in [0.4, 0.5) is 5.82 Å². The van der Waals surface area contributed by atoms with Gasteiger partial charge in [-0.3, -0.25) is 0 Å². The molecule has 6 heteroatoms. The summed E-state index contributed by atoms with van der Waals surface area (Å²) in [6, 6.07) is 0. The van der Waals surface area contributed by atoms with Crippen LogP contribution in [-0.4, -0.2) is 28.4 Å². The zero-order chi connectivity index (χ0) is 11.4. The molecule has 1 fully saturated rings. The zero-order valence-corrected chi connectivity index (χ0v) is 10.1. The Balaban J connectivity index is 2.19. The summed E-state index contributed by atoms with van der Waals surface area (Å²) < 4.78 is 5.16. The van der Waals surface area contributed by atoms with Crippen LogP contribution in [0.2, 0.25) is 0 Å². The first-order valence-corrected chi connectivity index (χ1v) is 6.28. The van der Waals surface area contributed by atoms with Gasteiger partial charge < -0.3 is 10.2 Å². The summed E-state index contributed by atoms with van der Waals surface area (Å²) in [5, 5.41) is 1.55. The SMILES string of the molecule is CCCc1c(NN)ncnc1SC1COC1. The second-order valence-electron chi connectivity index (χ2n) is 3.68. The molecule has 1 aromatic heterocycles. The molecule has 0 aromatic carbocycles. The lowest BCUT2D eigenvalue weighted by atomic mass is 10.2. The van der Waals surface area contributed by atoms with E-state index in [-0.39, 0.29) is 0 Å². The first-order valence-electron chi connectivity index (χ1n) is 5.40. The Morgan fingerprint density at radius 3 is 2.94 bits per heavy atom. The van der Waals surface area contributed by atoms with E-state index in [9.17, 15) is 0 Å². The van der Waals surface area contributed by atoms with E-state index < -0.39 is 0 Å². The van der Waals surface area contributed by atoms with Gasteiger partial charge in [-0.05, 0) is 6.42 Å². The largest absolute Gasteiger partial charge is 0.379 e.